The highest BCUT2D eigenvalue weighted by atomic mass is 16.6. The van der Waals surface area contributed by atoms with Gasteiger partial charge in [-0.15, -0.1) is 0 Å². The number of aliphatic hydroxyl groups is 4. The van der Waals surface area contributed by atoms with Crippen molar-refractivity contribution in [1.29, 1.82) is 0 Å². The van der Waals surface area contributed by atoms with E-state index in [0.29, 0.717) is 39.0 Å². The third-order valence-electron chi connectivity index (χ3n) is 5.56. The van der Waals surface area contributed by atoms with Crippen LogP contribution in [0.4, 0.5) is 0 Å². The van der Waals surface area contributed by atoms with Gasteiger partial charge in [0.1, 0.15) is 24.4 Å². The number of carbonyl (C=O) groups excluding carboxylic acids is 2. The van der Waals surface area contributed by atoms with Gasteiger partial charge >= 0.3 is 0 Å². The van der Waals surface area contributed by atoms with Crippen molar-refractivity contribution in [1.82, 2.24) is 21.3 Å². The molecule has 1 rings (SSSR count). The summed E-state index contributed by atoms with van der Waals surface area (Å²) in [5, 5.41) is 50.5. The van der Waals surface area contributed by atoms with E-state index < -0.39 is 30.7 Å². The number of nitrogens with one attached hydrogen (secondary N) is 4. The Morgan fingerprint density at radius 2 is 1.50 bits per heavy atom. The Bertz CT molecular complexity index is 574. The third kappa shape index (κ3) is 11.8. The van der Waals surface area contributed by atoms with Crippen LogP contribution in [0.15, 0.2) is 0 Å². The van der Waals surface area contributed by atoms with Crippen molar-refractivity contribution in [3.63, 3.8) is 0 Å². The van der Waals surface area contributed by atoms with E-state index in [-0.39, 0.29) is 30.8 Å². The van der Waals surface area contributed by atoms with Crippen LogP contribution in [0.1, 0.15) is 38.5 Å². The molecule has 1 aliphatic rings. The smallest absolute Gasteiger partial charge is 0.237 e. The van der Waals surface area contributed by atoms with E-state index in [1.807, 2.05) is 0 Å². The summed E-state index contributed by atoms with van der Waals surface area (Å²) in [6.07, 6.45) is -3.62. The topological polar surface area (TPSA) is 224 Å². The number of ether oxygens (including phenoxy) is 1. The lowest BCUT2D eigenvalue weighted by Crippen LogP contribution is -2.60. The van der Waals surface area contributed by atoms with Crippen molar-refractivity contribution in [3.05, 3.63) is 0 Å². The molecule has 0 saturated carbocycles. The van der Waals surface area contributed by atoms with Crippen molar-refractivity contribution in [2.75, 3.05) is 45.8 Å². The molecule has 1 heterocycles. The number of rotatable bonds is 18. The van der Waals surface area contributed by atoms with Crippen LogP contribution >= 0.6 is 0 Å². The fraction of sp³-hybridized carbons (Fsp3) is 0.905. The number of carbonyl (C=O) groups is 2. The summed E-state index contributed by atoms with van der Waals surface area (Å²) in [6.45, 7) is 3.66. The fourth-order valence-corrected chi connectivity index (χ4v) is 3.47. The number of aliphatic hydroxyl groups excluding tert-OH is 4. The second-order valence-electron chi connectivity index (χ2n) is 8.42. The first-order chi connectivity index (χ1) is 16.3. The molecule has 34 heavy (non-hydrogen) atoms. The molecule has 0 aliphatic carbocycles. The lowest BCUT2D eigenvalue weighted by molar-refractivity contribution is -0.280. The predicted octanol–water partition coefficient (Wildman–Crippen LogP) is -4.18. The molecule has 0 aromatic heterocycles. The van der Waals surface area contributed by atoms with E-state index in [0.717, 1.165) is 32.4 Å². The summed E-state index contributed by atoms with van der Waals surface area (Å²) >= 11 is 0. The lowest BCUT2D eigenvalue weighted by Gasteiger charge is -2.38. The Morgan fingerprint density at radius 1 is 0.824 bits per heavy atom. The van der Waals surface area contributed by atoms with Crippen LogP contribution in [-0.2, 0) is 14.3 Å². The van der Waals surface area contributed by atoms with E-state index >= 15 is 0 Å². The van der Waals surface area contributed by atoms with Gasteiger partial charge in [-0.25, -0.2) is 0 Å². The fourth-order valence-electron chi connectivity index (χ4n) is 3.47. The van der Waals surface area contributed by atoms with Gasteiger partial charge in [0.2, 0.25) is 11.8 Å². The Hall–Kier alpha value is -1.42. The first-order valence-electron chi connectivity index (χ1n) is 12.1. The molecule has 6 atom stereocenters. The van der Waals surface area contributed by atoms with Crippen molar-refractivity contribution < 1.29 is 34.8 Å². The van der Waals surface area contributed by atoms with Gasteiger partial charge in [-0.1, -0.05) is 0 Å². The van der Waals surface area contributed by atoms with Gasteiger partial charge in [-0.2, -0.15) is 0 Å². The largest absolute Gasteiger partial charge is 0.388 e. The zero-order valence-electron chi connectivity index (χ0n) is 19.8. The molecule has 1 saturated heterocycles. The number of nitrogens with two attached hydrogens (primary N) is 2. The van der Waals surface area contributed by atoms with Crippen molar-refractivity contribution in [2.24, 2.45) is 11.5 Å². The maximum Gasteiger partial charge on any atom is 0.237 e. The second kappa shape index (κ2) is 17.9. The molecule has 200 valence electrons. The molecule has 12 N–H and O–H groups in total. The van der Waals surface area contributed by atoms with E-state index in [4.69, 9.17) is 16.2 Å². The summed E-state index contributed by atoms with van der Waals surface area (Å²) in [4.78, 5) is 24.6. The minimum Gasteiger partial charge on any atom is -0.388 e. The first kappa shape index (κ1) is 30.6. The van der Waals surface area contributed by atoms with Gasteiger partial charge in [-0.05, 0) is 64.8 Å². The van der Waals surface area contributed by atoms with Gasteiger partial charge < -0.3 is 57.9 Å². The summed E-state index contributed by atoms with van der Waals surface area (Å²) in [5.41, 5.74) is 11.0. The summed E-state index contributed by atoms with van der Waals surface area (Å²) in [5.74, 6) is -0.457. The van der Waals surface area contributed by atoms with Crippen molar-refractivity contribution in [2.45, 2.75) is 75.3 Å². The monoisotopic (exact) mass is 492 g/mol. The number of amides is 2. The molecular formula is C21H44N6O7. The molecule has 0 aromatic carbocycles. The highest BCUT2D eigenvalue weighted by Crippen LogP contribution is 2.19. The lowest BCUT2D eigenvalue weighted by atomic mass is 9.99. The van der Waals surface area contributed by atoms with Gasteiger partial charge in [-0.3, -0.25) is 9.59 Å². The molecule has 13 heteroatoms. The Kier molecular flexibility index (Phi) is 16.1. The van der Waals surface area contributed by atoms with Crippen LogP contribution in [0.5, 0.6) is 0 Å². The Balaban J connectivity index is 2.28. The molecule has 13 nitrogen and oxygen atoms in total. The quantitative estimate of drug-likeness (QED) is 0.0826. The van der Waals surface area contributed by atoms with Crippen LogP contribution in [0.2, 0.25) is 0 Å². The molecule has 1 aliphatic heterocycles. The maximum absolute atomic E-state index is 12.6. The van der Waals surface area contributed by atoms with Crippen LogP contribution in [0.25, 0.3) is 0 Å². The van der Waals surface area contributed by atoms with Gasteiger partial charge in [0, 0.05) is 19.5 Å². The third-order valence-corrected chi connectivity index (χ3v) is 5.56. The predicted molar refractivity (Wildman–Crippen MR) is 125 cm³/mol. The van der Waals surface area contributed by atoms with E-state index in [2.05, 4.69) is 21.3 Å². The SMILES string of the molecule is NCCCNCCCC(NCCCN)C(=O)NCCCC(=O)NC[C@@H]1O[C@H](O)[C@H](O)[C@@H](O)[C@H]1O. The van der Waals surface area contributed by atoms with Crippen molar-refractivity contribution in [3.8, 4) is 0 Å². The number of hydrogen-bond acceptors (Lipinski definition) is 11. The zero-order chi connectivity index (χ0) is 25.3. The molecule has 0 radical (unpaired) electrons. The van der Waals surface area contributed by atoms with E-state index in [9.17, 15) is 30.0 Å². The van der Waals surface area contributed by atoms with Gasteiger partial charge in [0.15, 0.2) is 6.29 Å². The molecule has 0 bridgehead atoms. The molecular weight excluding hydrogens is 448 g/mol. The van der Waals surface area contributed by atoms with Crippen LogP contribution in [0.3, 0.4) is 0 Å². The maximum atomic E-state index is 12.6. The number of hydrogen-bond donors (Lipinski definition) is 10. The Morgan fingerprint density at radius 3 is 2.21 bits per heavy atom. The van der Waals surface area contributed by atoms with E-state index in [1.54, 1.807) is 0 Å². The summed E-state index contributed by atoms with van der Waals surface area (Å²) in [6, 6.07) is -0.338. The van der Waals surface area contributed by atoms with Gasteiger partial charge in [0.05, 0.1) is 6.04 Å². The molecule has 0 spiro atoms. The summed E-state index contributed by atoms with van der Waals surface area (Å²) < 4.78 is 5.01. The van der Waals surface area contributed by atoms with Crippen LogP contribution < -0.4 is 32.7 Å². The normalized spacial score (nSPS) is 25.6. The molecule has 2 amide bonds. The molecule has 1 fully saturated rings. The average Bonchev–Trinajstić information content (AvgIpc) is 2.82. The molecule has 1 unspecified atom stereocenters. The zero-order valence-corrected chi connectivity index (χ0v) is 19.8. The highest BCUT2D eigenvalue weighted by molar-refractivity contribution is 5.81. The van der Waals surface area contributed by atoms with Crippen LogP contribution in [0, 0.1) is 0 Å². The Labute approximate surface area is 201 Å². The van der Waals surface area contributed by atoms with E-state index in [1.165, 1.54) is 0 Å². The average molecular weight is 493 g/mol. The first-order valence-corrected chi connectivity index (χ1v) is 12.1. The minimum absolute atomic E-state index is 0.125. The van der Waals surface area contributed by atoms with Crippen molar-refractivity contribution >= 4 is 11.8 Å². The minimum atomic E-state index is -1.65. The second-order valence-corrected chi connectivity index (χ2v) is 8.42. The standard InChI is InChI=1S/C21H44N6O7/c22-7-3-10-24-9-1-5-14(25-12-4-8-23)20(32)26-11-2-6-16(28)27-13-15-17(29)18(30)19(31)21(33)34-15/h14-15,17-19,21,24-25,29-31,33H,1-13,22-23H2,(H,26,32)(H,27,28)/t14?,15-,17-,18-,19+,21-/m0/s1. The van der Waals surface area contributed by atoms with Crippen LogP contribution in [-0.4, -0.2) is 115 Å². The van der Waals surface area contributed by atoms with Gasteiger partial charge in [0.25, 0.3) is 0 Å². The highest BCUT2D eigenvalue weighted by Gasteiger charge is 2.42. The molecule has 0 aromatic rings. The summed E-state index contributed by atoms with van der Waals surface area (Å²) in [7, 11) is 0.